The molecule has 5 nitrogen and oxygen atoms in total. The van der Waals surface area contributed by atoms with Crippen LogP contribution in [0.5, 0.6) is 0 Å². The number of fused-ring (bicyclic) bond motifs is 1. The highest BCUT2D eigenvalue weighted by molar-refractivity contribution is 5.87. The number of aromatic carboxylic acids is 1. The maximum Gasteiger partial charge on any atom is 0.337 e. The number of carbonyl (C=O) groups is 1. The van der Waals surface area contributed by atoms with Crippen LogP contribution in [-0.2, 0) is 0 Å². The van der Waals surface area contributed by atoms with E-state index in [1.165, 1.54) is 12.3 Å². The minimum Gasteiger partial charge on any atom is -0.478 e. The van der Waals surface area contributed by atoms with Crippen LogP contribution in [-0.4, -0.2) is 20.5 Å². The normalized spacial score (nSPS) is 10.8. The fourth-order valence-electron chi connectivity index (χ4n) is 1.66. The van der Waals surface area contributed by atoms with Gasteiger partial charge in [-0.2, -0.15) is 0 Å². The molecule has 84 valence electrons. The zero-order chi connectivity index (χ0) is 11.8. The molecule has 17 heavy (non-hydrogen) atoms. The topological polar surface area (TPSA) is 67.7 Å². The molecule has 3 heterocycles. The van der Waals surface area contributed by atoms with E-state index in [9.17, 15) is 4.79 Å². The van der Waals surface area contributed by atoms with Crippen molar-refractivity contribution >= 4 is 11.6 Å². The zero-order valence-electron chi connectivity index (χ0n) is 8.70. The predicted octanol–water partition coefficient (Wildman–Crippen LogP) is 2.29. The Labute approximate surface area is 95.9 Å². The summed E-state index contributed by atoms with van der Waals surface area (Å²) in [5.41, 5.74) is 1.58. The number of aromatic nitrogens is 2. The largest absolute Gasteiger partial charge is 0.478 e. The molecule has 0 unspecified atom stereocenters. The first-order valence-electron chi connectivity index (χ1n) is 5.00. The number of carboxylic acid groups (broad SMARTS) is 1. The van der Waals surface area contributed by atoms with Crippen molar-refractivity contribution in [3.63, 3.8) is 0 Å². The Balaban J connectivity index is 2.16. The maximum atomic E-state index is 10.8. The molecule has 3 rings (SSSR count). The maximum absolute atomic E-state index is 10.8. The van der Waals surface area contributed by atoms with Gasteiger partial charge in [0.15, 0.2) is 5.76 Å². The van der Waals surface area contributed by atoms with Gasteiger partial charge in [0.05, 0.1) is 11.8 Å². The molecule has 0 radical (unpaired) electrons. The van der Waals surface area contributed by atoms with Gasteiger partial charge in [-0.15, -0.1) is 0 Å². The van der Waals surface area contributed by atoms with Crippen molar-refractivity contribution in [2.45, 2.75) is 0 Å². The lowest BCUT2D eigenvalue weighted by Crippen LogP contribution is -1.97. The lowest BCUT2D eigenvalue weighted by molar-refractivity contribution is 0.0696. The molecule has 0 aromatic carbocycles. The van der Waals surface area contributed by atoms with Gasteiger partial charge in [-0.05, 0) is 24.3 Å². The van der Waals surface area contributed by atoms with Crippen molar-refractivity contribution in [3.8, 4) is 11.5 Å². The van der Waals surface area contributed by atoms with E-state index in [-0.39, 0.29) is 5.56 Å². The summed E-state index contributed by atoms with van der Waals surface area (Å²) in [6, 6.07) is 6.77. The quantitative estimate of drug-likeness (QED) is 0.730. The van der Waals surface area contributed by atoms with Crippen LogP contribution in [0.2, 0.25) is 0 Å². The van der Waals surface area contributed by atoms with Crippen LogP contribution < -0.4 is 0 Å². The summed E-state index contributed by atoms with van der Waals surface area (Å²) in [6.07, 6.45) is 4.83. The van der Waals surface area contributed by atoms with Gasteiger partial charge in [-0.3, -0.25) is 0 Å². The first-order valence-corrected chi connectivity index (χ1v) is 5.00. The fourth-order valence-corrected chi connectivity index (χ4v) is 1.66. The smallest absolute Gasteiger partial charge is 0.337 e. The van der Waals surface area contributed by atoms with Crippen LogP contribution >= 0.6 is 0 Å². The van der Waals surface area contributed by atoms with Gasteiger partial charge in [-0.25, -0.2) is 9.78 Å². The highest BCUT2D eigenvalue weighted by Gasteiger charge is 2.08. The second kappa shape index (κ2) is 3.48. The third-order valence-corrected chi connectivity index (χ3v) is 2.47. The molecule has 1 N–H and O–H groups in total. The number of pyridine rings is 1. The van der Waals surface area contributed by atoms with E-state index in [2.05, 4.69) is 4.98 Å². The van der Waals surface area contributed by atoms with Crippen molar-refractivity contribution in [3.05, 3.63) is 48.5 Å². The number of rotatable bonds is 2. The molecular weight excluding hydrogens is 220 g/mol. The lowest BCUT2D eigenvalue weighted by atomic mass is 10.3. The van der Waals surface area contributed by atoms with Gasteiger partial charge in [0.1, 0.15) is 11.3 Å². The molecule has 0 saturated carbocycles. The van der Waals surface area contributed by atoms with E-state index in [0.29, 0.717) is 17.1 Å². The SMILES string of the molecule is O=C(O)c1ccc2nc(-c3ccco3)cn2c1. The molecule has 0 saturated heterocycles. The van der Waals surface area contributed by atoms with Gasteiger partial charge >= 0.3 is 5.97 Å². The average Bonchev–Trinajstić information content (AvgIpc) is 2.96. The second-order valence-corrected chi connectivity index (χ2v) is 3.59. The molecule has 3 aromatic rings. The Hall–Kier alpha value is -2.56. The van der Waals surface area contributed by atoms with Crippen LogP contribution in [0.15, 0.2) is 47.3 Å². The summed E-state index contributed by atoms with van der Waals surface area (Å²) in [4.78, 5) is 15.2. The first kappa shape index (κ1) is 9.65. The summed E-state index contributed by atoms with van der Waals surface area (Å²) in [6.45, 7) is 0. The third kappa shape index (κ3) is 1.57. The van der Waals surface area contributed by atoms with Crippen molar-refractivity contribution in [2.24, 2.45) is 0 Å². The summed E-state index contributed by atoms with van der Waals surface area (Å²) >= 11 is 0. The van der Waals surface area contributed by atoms with Gasteiger partial charge in [0.25, 0.3) is 0 Å². The minimum atomic E-state index is -0.958. The van der Waals surface area contributed by atoms with Gasteiger partial charge in [0, 0.05) is 12.4 Å². The number of hydrogen-bond acceptors (Lipinski definition) is 3. The van der Waals surface area contributed by atoms with Crippen LogP contribution in [0.25, 0.3) is 17.1 Å². The Bertz CT molecular complexity index is 683. The molecule has 0 bridgehead atoms. The van der Waals surface area contributed by atoms with Crippen molar-refractivity contribution in [1.29, 1.82) is 0 Å². The van der Waals surface area contributed by atoms with E-state index in [1.54, 1.807) is 35.1 Å². The minimum absolute atomic E-state index is 0.223. The average molecular weight is 228 g/mol. The number of nitrogens with zero attached hydrogens (tertiary/aromatic N) is 2. The molecule has 0 amide bonds. The van der Waals surface area contributed by atoms with Crippen molar-refractivity contribution in [2.75, 3.05) is 0 Å². The fraction of sp³-hybridized carbons (Fsp3) is 0. The second-order valence-electron chi connectivity index (χ2n) is 3.59. The Morgan fingerprint density at radius 1 is 1.29 bits per heavy atom. The third-order valence-electron chi connectivity index (χ3n) is 2.47. The summed E-state index contributed by atoms with van der Waals surface area (Å²) in [7, 11) is 0. The van der Waals surface area contributed by atoms with E-state index in [4.69, 9.17) is 9.52 Å². The molecule has 0 spiro atoms. The molecule has 0 fully saturated rings. The van der Waals surface area contributed by atoms with E-state index < -0.39 is 5.97 Å². The van der Waals surface area contributed by atoms with Crippen molar-refractivity contribution < 1.29 is 14.3 Å². The summed E-state index contributed by atoms with van der Waals surface area (Å²) in [5, 5.41) is 8.88. The van der Waals surface area contributed by atoms with Crippen molar-refractivity contribution in [1.82, 2.24) is 9.38 Å². The molecule has 3 aromatic heterocycles. The standard InChI is InChI=1S/C12H8N2O3/c15-12(16)8-3-4-11-13-9(7-14(11)6-8)10-2-1-5-17-10/h1-7H,(H,15,16). The van der Waals surface area contributed by atoms with Gasteiger partial charge in [-0.1, -0.05) is 0 Å². The van der Waals surface area contributed by atoms with E-state index in [0.717, 1.165) is 0 Å². The number of hydrogen-bond donors (Lipinski definition) is 1. The highest BCUT2D eigenvalue weighted by atomic mass is 16.4. The Morgan fingerprint density at radius 3 is 2.88 bits per heavy atom. The predicted molar refractivity (Wildman–Crippen MR) is 59.9 cm³/mol. The van der Waals surface area contributed by atoms with Gasteiger partial charge < -0.3 is 13.9 Å². The number of carboxylic acids is 1. The van der Waals surface area contributed by atoms with Gasteiger partial charge in [0.2, 0.25) is 0 Å². The monoisotopic (exact) mass is 228 g/mol. The first-order chi connectivity index (χ1) is 8.24. The molecular formula is C12H8N2O3. The molecule has 5 heteroatoms. The molecule has 0 aliphatic rings. The van der Waals surface area contributed by atoms with Crippen LogP contribution in [0.3, 0.4) is 0 Å². The van der Waals surface area contributed by atoms with Crippen LogP contribution in [0.1, 0.15) is 10.4 Å². The van der Waals surface area contributed by atoms with Crippen LogP contribution in [0.4, 0.5) is 0 Å². The Kier molecular flexibility index (Phi) is 1.98. The zero-order valence-corrected chi connectivity index (χ0v) is 8.70. The Morgan fingerprint density at radius 2 is 2.18 bits per heavy atom. The molecule has 0 aliphatic heterocycles. The van der Waals surface area contributed by atoms with E-state index >= 15 is 0 Å². The summed E-state index contributed by atoms with van der Waals surface area (Å²) in [5.74, 6) is -0.300. The molecule has 0 atom stereocenters. The number of imidazole rings is 1. The van der Waals surface area contributed by atoms with Crippen LogP contribution in [0, 0.1) is 0 Å². The highest BCUT2D eigenvalue weighted by Crippen LogP contribution is 2.19. The summed E-state index contributed by atoms with van der Waals surface area (Å²) < 4.78 is 6.90. The van der Waals surface area contributed by atoms with E-state index in [1.807, 2.05) is 0 Å². The number of furan rings is 1. The molecule has 0 aliphatic carbocycles. The lowest BCUT2D eigenvalue weighted by Gasteiger charge is -1.95.